The summed E-state index contributed by atoms with van der Waals surface area (Å²) in [7, 11) is 0. The number of benzene rings is 1. The van der Waals surface area contributed by atoms with E-state index in [0.29, 0.717) is 12.5 Å². The molecule has 0 heterocycles. The van der Waals surface area contributed by atoms with Crippen molar-refractivity contribution in [1.29, 1.82) is 5.26 Å². The minimum atomic E-state index is -0.455. The molecule has 96 valence electrons. The van der Waals surface area contributed by atoms with Crippen LogP contribution in [0.1, 0.15) is 37.9 Å². The smallest absolute Gasteiger partial charge is 0.0762 e. The van der Waals surface area contributed by atoms with Crippen LogP contribution in [0.2, 0.25) is 0 Å². The van der Waals surface area contributed by atoms with Crippen molar-refractivity contribution < 1.29 is 5.11 Å². The summed E-state index contributed by atoms with van der Waals surface area (Å²) in [5.74, 6) is 0. The van der Waals surface area contributed by atoms with E-state index in [-0.39, 0.29) is 0 Å². The normalized spacial score (nSPS) is 16.1. The Hall–Kier alpha value is -1.05. The van der Waals surface area contributed by atoms with Gasteiger partial charge in [-0.05, 0) is 53.4 Å². The van der Waals surface area contributed by atoms with Crippen molar-refractivity contribution in [2.45, 2.75) is 38.3 Å². The molecule has 0 bridgehead atoms. The molecular formula is C14H17BrN2O. The third-order valence-electron chi connectivity index (χ3n) is 3.22. The fraction of sp³-hybridized carbons (Fsp3) is 0.500. The average Bonchev–Trinajstić information content (AvgIpc) is 3.15. The van der Waals surface area contributed by atoms with Gasteiger partial charge in [-0.3, -0.25) is 0 Å². The molecule has 1 atom stereocenters. The van der Waals surface area contributed by atoms with Crippen LogP contribution in [0, 0.1) is 11.3 Å². The molecule has 1 aromatic rings. The summed E-state index contributed by atoms with van der Waals surface area (Å²) in [5, 5.41) is 18.3. The molecule has 1 aromatic carbocycles. The van der Waals surface area contributed by atoms with E-state index in [1.54, 1.807) is 6.92 Å². The third kappa shape index (κ3) is 3.04. The van der Waals surface area contributed by atoms with Crippen molar-refractivity contribution >= 4 is 21.6 Å². The Morgan fingerprint density at radius 2 is 2.28 bits per heavy atom. The van der Waals surface area contributed by atoms with Crippen molar-refractivity contribution in [2.24, 2.45) is 0 Å². The van der Waals surface area contributed by atoms with Gasteiger partial charge in [-0.15, -0.1) is 0 Å². The lowest BCUT2D eigenvalue weighted by molar-refractivity contribution is 0.199. The van der Waals surface area contributed by atoms with Crippen LogP contribution >= 0.6 is 15.9 Å². The highest BCUT2D eigenvalue weighted by atomic mass is 79.9. The number of hydrogen-bond donors (Lipinski definition) is 1. The van der Waals surface area contributed by atoms with E-state index in [0.717, 1.165) is 22.3 Å². The van der Waals surface area contributed by atoms with Gasteiger partial charge in [-0.2, -0.15) is 5.26 Å². The standard InChI is InChI=1S/C14H17BrN2O/c1-10(18)11-3-6-14(13(15)9-11)17(8-2-7-16)12-4-5-12/h3,6,9-10,12,18H,2,4-5,8H2,1H3/t10-/m0/s1. The monoisotopic (exact) mass is 308 g/mol. The summed E-state index contributed by atoms with van der Waals surface area (Å²) in [6.07, 6.45) is 2.50. The molecule has 0 aromatic heterocycles. The van der Waals surface area contributed by atoms with E-state index in [9.17, 15) is 5.11 Å². The number of hydrogen-bond acceptors (Lipinski definition) is 3. The Labute approximate surface area is 116 Å². The molecule has 0 amide bonds. The molecule has 0 aliphatic heterocycles. The molecule has 18 heavy (non-hydrogen) atoms. The predicted octanol–water partition coefficient (Wildman–Crippen LogP) is 3.38. The van der Waals surface area contributed by atoms with Crippen LogP contribution in [0.5, 0.6) is 0 Å². The molecule has 1 aliphatic carbocycles. The summed E-state index contributed by atoms with van der Waals surface area (Å²) in [6.45, 7) is 2.53. The third-order valence-corrected chi connectivity index (χ3v) is 3.85. The summed E-state index contributed by atoms with van der Waals surface area (Å²) < 4.78 is 0.991. The number of rotatable bonds is 5. The van der Waals surface area contributed by atoms with Crippen molar-refractivity contribution in [2.75, 3.05) is 11.4 Å². The van der Waals surface area contributed by atoms with E-state index in [1.165, 1.54) is 12.8 Å². The molecule has 1 saturated carbocycles. The zero-order valence-corrected chi connectivity index (χ0v) is 12.0. The molecule has 1 aliphatic rings. The molecule has 0 radical (unpaired) electrons. The number of halogens is 1. The molecule has 1 fully saturated rings. The molecule has 1 N–H and O–H groups in total. The maximum absolute atomic E-state index is 9.56. The highest BCUT2D eigenvalue weighted by Crippen LogP contribution is 2.37. The molecular weight excluding hydrogens is 292 g/mol. The van der Waals surface area contributed by atoms with E-state index in [1.807, 2.05) is 18.2 Å². The van der Waals surface area contributed by atoms with Crippen molar-refractivity contribution in [3.63, 3.8) is 0 Å². The molecule has 3 nitrogen and oxygen atoms in total. The van der Waals surface area contributed by atoms with E-state index in [4.69, 9.17) is 5.26 Å². The zero-order valence-electron chi connectivity index (χ0n) is 10.4. The van der Waals surface area contributed by atoms with Crippen molar-refractivity contribution in [3.05, 3.63) is 28.2 Å². The van der Waals surface area contributed by atoms with Crippen molar-refractivity contribution in [3.8, 4) is 6.07 Å². The van der Waals surface area contributed by atoms with Crippen LogP contribution in [0.25, 0.3) is 0 Å². The average molecular weight is 309 g/mol. The Morgan fingerprint density at radius 1 is 1.56 bits per heavy atom. The van der Waals surface area contributed by atoms with Gasteiger partial charge in [0.1, 0.15) is 0 Å². The van der Waals surface area contributed by atoms with Gasteiger partial charge in [0.15, 0.2) is 0 Å². The lowest BCUT2D eigenvalue weighted by Crippen LogP contribution is -2.27. The predicted molar refractivity (Wildman–Crippen MR) is 75.4 cm³/mol. The SMILES string of the molecule is C[C@H](O)c1ccc(N(CCC#N)C2CC2)c(Br)c1. The van der Waals surface area contributed by atoms with Gasteiger partial charge < -0.3 is 10.0 Å². The maximum atomic E-state index is 9.56. The van der Waals surface area contributed by atoms with Gasteiger partial charge in [-0.1, -0.05) is 6.07 Å². The van der Waals surface area contributed by atoms with Crippen LogP contribution < -0.4 is 4.90 Å². The minimum absolute atomic E-state index is 0.455. The molecule has 0 unspecified atom stereocenters. The van der Waals surface area contributed by atoms with Crippen LogP contribution in [0.4, 0.5) is 5.69 Å². The first kappa shape index (κ1) is 13.4. The van der Waals surface area contributed by atoms with Gasteiger partial charge >= 0.3 is 0 Å². The largest absolute Gasteiger partial charge is 0.389 e. The summed E-state index contributed by atoms with van der Waals surface area (Å²) in [4.78, 5) is 2.29. The van der Waals surface area contributed by atoms with E-state index in [2.05, 4.69) is 26.9 Å². The van der Waals surface area contributed by atoms with Gasteiger partial charge in [0, 0.05) is 17.1 Å². The van der Waals surface area contributed by atoms with Crippen LogP contribution in [-0.4, -0.2) is 17.7 Å². The van der Waals surface area contributed by atoms with Crippen LogP contribution in [-0.2, 0) is 0 Å². The van der Waals surface area contributed by atoms with Gasteiger partial charge in [0.05, 0.1) is 24.3 Å². The molecule has 0 saturated heterocycles. The van der Waals surface area contributed by atoms with Crippen LogP contribution in [0.3, 0.4) is 0 Å². The van der Waals surface area contributed by atoms with E-state index < -0.39 is 6.10 Å². The highest BCUT2D eigenvalue weighted by molar-refractivity contribution is 9.10. The number of aliphatic hydroxyl groups excluding tert-OH is 1. The highest BCUT2D eigenvalue weighted by Gasteiger charge is 2.29. The second-order valence-electron chi connectivity index (χ2n) is 4.72. The topological polar surface area (TPSA) is 47.3 Å². The molecule has 2 rings (SSSR count). The van der Waals surface area contributed by atoms with E-state index >= 15 is 0 Å². The molecule has 0 spiro atoms. The second-order valence-corrected chi connectivity index (χ2v) is 5.57. The van der Waals surface area contributed by atoms with Crippen LogP contribution in [0.15, 0.2) is 22.7 Å². The first-order chi connectivity index (χ1) is 8.63. The first-order valence-electron chi connectivity index (χ1n) is 6.24. The summed E-state index contributed by atoms with van der Waals surface area (Å²) in [6, 6.07) is 8.72. The number of anilines is 1. The quantitative estimate of drug-likeness (QED) is 0.907. The maximum Gasteiger partial charge on any atom is 0.0762 e. The number of aliphatic hydroxyl groups is 1. The Bertz CT molecular complexity index is 463. The Balaban J connectivity index is 2.22. The number of nitriles is 1. The zero-order chi connectivity index (χ0) is 13.1. The van der Waals surface area contributed by atoms with Crippen molar-refractivity contribution in [1.82, 2.24) is 0 Å². The number of nitrogens with zero attached hydrogens (tertiary/aromatic N) is 2. The van der Waals surface area contributed by atoms with Gasteiger partial charge in [-0.25, -0.2) is 0 Å². The second kappa shape index (κ2) is 5.73. The Morgan fingerprint density at radius 3 is 2.78 bits per heavy atom. The fourth-order valence-corrected chi connectivity index (χ4v) is 2.70. The van der Waals surface area contributed by atoms with Gasteiger partial charge in [0.2, 0.25) is 0 Å². The van der Waals surface area contributed by atoms with Gasteiger partial charge in [0.25, 0.3) is 0 Å². The molecule has 4 heteroatoms. The summed E-state index contributed by atoms with van der Waals surface area (Å²) >= 11 is 3.57. The first-order valence-corrected chi connectivity index (χ1v) is 7.04. The lowest BCUT2D eigenvalue weighted by Gasteiger charge is -2.25. The fourth-order valence-electron chi connectivity index (χ4n) is 2.07. The lowest BCUT2D eigenvalue weighted by atomic mass is 10.1. The summed E-state index contributed by atoms with van der Waals surface area (Å²) in [5.41, 5.74) is 2.03. The Kier molecular flexibility index (Phi) is 4.26. The minimum Gasteiger partial charge on any atom is -0.389 e.